The van der Waals surface area contributed by atoms with Gasteiger partial charge in [0.1, 0.15) is 19.0 Å². The Morgan fingerprint density at radius 1 is 0.759 bits per heavy atom. The quantitative estimate of drug-likeness (QED) is 0.441. The lowest BCUT2D eigenvalue weighted by Gasteiger charge is -2.19. The number of hydrogen-bond donors (Lipinski definition) is 1. The zero-order chi connectivity index (χ0) is 20.3. The highest BCUT2D eigenvalue weighted by molar-refractivity contribution is 5.94. The van der Waals surface area contributed by atoms with Crippen LogP contribution >= 0.6 is 0 Å². The standard InChI is InChI=1S/C24H23NO4/c26-23(29-17-16-28-21-14-8-3-9-15-21)18-22(19-10-4-1-5-11-19)25-24(27)20-12-6-2-7-13-20/h1-15,22H,16-18H2,(H,25,27)/t22-/m0/s1. The molecule has 0 saturated carbocycles. The van der Waals surface area contributed by atoms with Gasteiger partial charge in [-0.3, -0.25) is 9.59 Å². The van der Waals surface area contributed by atoms with Crippen molar-refractivity contribution in [3.8, 4) is 5.75 Å². The van der Waals surface area contributed by atoms with Gasteiger partial charge in [-0.2, -0.15) is 0 Å². The number of carbonyl (C=O) groups is 2. The summed E-state index contributed by atoms with van der Waals surface area (Å²) in [7, 11) is 0. The summed E-state index contributed by atoms with van der Waals surface area (Å²) in [5.41, 5.74) is 1.38. The molecule has 3 aromatic carbocycles. The SMILES string of the molecule is O=C(C[C@H](NC(=O)c1ccccc1)c1ccccc1)OCCOc1ccccc1. The Bertz CT molecular complexity index is 898. The number of ether oxygens (including phenoxy) is 2. The second-order valence-corrected chi connectivity index (χ2v) is 6.39. The lowest BCUT2D eigenvalue weighted by Crippen LogP contribution is -2.30. The maximum atomic E-state index is 12.5. The van der Waals surface area contributed by atoms with Crippen LogP contribution in [-0.2, 0) is 9.53 Å². The molecule has 0 bridgehead atoms. The topological polar surface area (TPSA) is 64.6 Å². The molecular weight excluding hydrogens is 366 g/mol. The normalized spacial score (nSPS) is 11.3. The van der Waals surface area contributed by atoms with E-state index in [0.29, 0.717) is 5.56 Å². The van der Waals surface area contributed by atoms with Gasteiger partial charge >= 0.3 is 5.97 Å². The molecule has 0 aliphatic carbocycles. The second-order valence-electron chi connectivity index (χ2n) is 6.39. The molecule has 3 rings (SSSR count). The Balaban J connectivity index is 1.55. The summed E-state index contributed by atoms with van der Waals surface area (Å²) in [4.78, 5) is 24.9. The lowest BCUT2D eigenvalue weighted by molar-refractivity contribution is -0.144. The fourth-order valence-corrected chi connectivity index (χ4v) is 2.83. The Kier molecular flexibility index (Phi) is 7.41. The molecule has 0 heterocycles. The van der Waals surface area contributed by atoms with Crippen molar-refractivity contribution in [1.82, 2.24) is 5.32 Å². The van der Waals surface area contributed by atoms with Crippen LogP contribution in [0.3, 0.4) is 0 Å². The Hall–Kier alpha value is -3.60. The van der Waals surface area contributed by atoms with Crippen molar-refractivity contribution in [1.29, 1.82) is 0 Å². The van der Waals surface area contributed by atoms with Gasteiger partial charge < -0.3 is 14.8 Å². The predicted molar refractivity (Wildman–Crippen MR) is 111 cm³/mol. The molecule has 29 heavy (non-hydrogen) atoms. The number of nitrogens with one attached hydrogen (secondary N) is 1. The molecule has 5 heteroatoms. The van der Waals surface area contributed by atoms with Crippen LogP contribution in [0.1, 0.15) is 28.4 Å². The van der Waals surface area contributed by atoms with Gasteiger partial charge in [0.05, 0.1) is 12.5 Å². The van der Waals surface area contributed by atoms with Crippen LogP contribution in [0.5, 0.6) is 5.75 Å². The van der Waals surface area contributed by atoms with E-state index in [2.05, 4.69) is 5.32 Å². The van der Waals surface area contributed by atoms with E-state index in [9.17, 15) is 9.59 Å². The summed E-state index contributed by atoms with van der Waals surface area (Å²) >= 11 is 0. The van der Waals surface area contributed by atoms with E-state index in [1.165, 1.54) is 0 Å². The van der Waals surface area contributed by atoms with Crippen LogP contribution in [0.25, 0.3) is 0 Å². The molecule has 1 atom stereocenters. The number of rotatable bonds is 9. The van der Waals surface area contributed by atoms with Gasteiger partial charge in [-0.15, -0.1) is 0 Å². The minimum atomic E-state index is -0.480. The van der Waals surface area contributed by atoms with E-state index in [4.69, 9.17) is 9.47 Å². The average Bonchev–Trinajstić information content (AvgIpc) is 2.78. The first kappa shape index (κ1) is 20.1. The maximum absolute atomic E-state index is 12.5. The minimum Gasteiger partial charge on any atom is -0.490 e. The molecule has 0 aliphatic rings. The fraction of sp³-hybridized carbons (Fsp3) is 0.167. The Morgan fingerprint density at radius 3 is 2.00 bits per heavy atom. The van der Waals surface area contributed by atoms with Crippen LogP contribution in [0, 0.1) is 0 Å². The number of carbonyl (C=O) groups excluding carboxylic acids is 2. The lowest BCUT2D eigenvalue weighted by atomic mass is 10.0. The van der Waals surface area contributed by atoms with Crippen molar-refractivity contribution >= 4 is 11.9 Å². The van der Waals surface area contributed by atoms with Crippen LogP contribution in [0.4, 0.5) is 0 Å². The molecule has 0 radical (unpaired) electrons. The number of esters is 1. The summed E-state index contributed by atoms with van der Waals surface area (Å²) in [5, 5.41) is 2.93. The molecule has 0 aromatic heterocycles. The molecule has 148 valence electrons. The number of amides is 1. The van der Waals surface area contributed by atoms with E-state index in [1.54, 1.807) is 24.3 Å². The van der Waals surface area contributed by atoms with E-state index >= 15 is 0 Å². The molecule has 0 unspecified atom stereocenters. The molecule has 0 saturated heterocycles. The fourth-order valence-electron chi connectivity index (χ4n) is 2.83. The highest BCUT2D eigenvalue weighted by atomic mass is 16.6. The first-order chi connectivity index (χ1) is 14.2. The van der Waals surface area contributed by atoms with Crippen LogP contribution in [0.2, 0.25) is 0 Å². The first-order valence-electron chi connectivity index (χ1n) is 9.47. The highest BCUT2D eigenvalue weighted by Crippen LogP contribution is 2.18. The van der Waals surface area contributed by atoms with Crippen molar-refractivity contribution in [2.45, 2.75) is 12.5 Å². The summed E-state index contributed by atoms with van der Waals surface area (Å²) in [6.07, 6.45) is 0.0356. The van der Waals surface area contributed by atoms with Gasteiger partial charge in [0.15, 0.2) is 0 Å². The predicted octanol–water partition coefficient (Wildman–Crippen LogP) is 4.17. The molecule has 1 N–H and O–H groups in total. The van der Waals surface area contributed by atoms with E-state index in [-0.39, 0.29) is 25.5 Å². The van der Waals surface area contributed by atoms with Gasteiger partial charge in [0, 0.05) is 5.56 Å². The third kappa shape index (κ3) is 6.50. The minimum absolute atomic E-state index is 0.0356. The van der Waals surface area contributed by atoms with E-state index in [0.717, 1.165) is 11.3 Å². The zero-order valence-corrected chi connectivity index (χ0v) is 16.0. The largest absolute Gasteiger partial charge is 0.490 e. The van der Waals surface area contributed by atoms with Gasteiger partial charge in [-0.05, 0) is 29.8 Å². The van der Waals surface area contributed by atoms with Crippen molar-refractivity contribution < 1.29 is 19.1 Å². The van der Waals surface area contributed by atoms with Crippen molar-refractivity contribution in [2.75, 3.05) is 13.2 Å². The van der Waals surface area contributed by atoms with Crippen LogP contribution in [-0.4, -0.2) is 25.1 Å². The maximum Gasteiger partial charge on any atom is 0.308 e. The number of hydrogen-bond acceptors (Lipinski definition) is 4. The van der Waals surface area contributed by atoms with Gasteiger partial charge in [-0.25, -0.2) is 0 Å². The monoisotopic (exact) mass is 389 g/mol. The molecule has 0 spiro atoms. The van der Waals surface area contributed by atoms with Crippen molar-refractivity contribution in [3.63, 3.8) is 0 Å². The van der Waals surface area contributed by atoms with Crippen LogP contribution < -0.4 is 10.1 Å². The third-order valence-electron chi connectivity index (χ3n) is 4.27. The molecule has 3 aromatic rings. The summed E-state index contributed by atoms with van der Waals surface area (Å²) in [6.45, 7) is 0.407. The van der Waals surface area contributed by atoms with E-state index in [1.807, 2.05) is 66.7 Å². The third-order valence-corrected chi connectivity index (χ3v) is 4.27. The summed E-state index contributed by atoms with van der Waals surface area (Å²) in [5.74, 6) is 0.0874. The molecule has 5 nitrogen and oxygen atoms in total. The van der Waals surface area contributed by atoms with Gasteiger partial charge in [0.25, 0.3) is 5.91 Å². The smallest absolute Gasteiger partial charge is 0.308 e. The summed E-state index contributed by atoms with van der Waals surface area (Å²) in [6, 6.07) is 27.1. The Labute approximate surface area is 170 Å². The van der Waals surface area contributed by atoms with E-state index < -0.39 is 12.0 Å². The number of para-hydroxylation sites is 1. The second kappa shape index (κ2) is 10.7. The van der Waals surface area contributed by atoms with Crippen LogP contribution in [0.15, 0.2) is 91.0 Å². The highest BCUT2D eigenvalue weighted by Gasteiger charge is 2.20. The molecule has 1 amide bonds. The van der Waals surface area contributed by atoms with Gasteiger partial charge in [0.2, 0.25) is 0 Å². The average molecular weight is 389 g/mol. The molecule has 0 aliphatic heterocycles. The molecule has 0 fully saturated rings. The Morgan fingerprint density at radius 2 is 1.34 bits per heavy atom. The van der Waals surface area contributed by atoms with Crippen molar-refractivity contribution in [3.05, 3.63) is 102 Å². The zero-order valence-electron chi connectivity index (χ0n) is 16.0. The molecular formula is C24H23NO4. The first-order valence-corrected chi connectivity index (χ1v) is 9.47. The van der Waals surface area contributed by atoms with Crippen molar-refractivity contribution in [2.24, 2.45) is 0 Å². The summed E-state index contributed by atoms with van der Waals surface area (Å²) < 4.78 is 10.8. The van der Waals surface area contributed by atoms with Gasteiger partial charge in [-0.1, -0.05) is 66.7 Å². The number of benzene rings is 3.